The van der Waals surface area contributed by atoms with Gasteiger partial charge in [0.2, 0.25) is 5.16 Å². The van der Waals surface area contributed by atoms with Crippen LogP contribution < -0.4 is 0 Å². The van der Waals surface area contributed by atoms with Crippen LogP contribution in [0.5, 0.6) is 0 Å². The fourth-order valence-electron chi connectivity index (χ4n) is 2.23. The van der Waals surface area contributed by atoms with E-state index in [1.165, 1.54) is 11.8 Å². The number of nitrogens with zero attached hydrogens (tertiary/aromatic N) is 4. The minimum Gasteiger partial charge on any atom is -0.293 e. The molecule has 0 saturated carbocycles. The molecule has 3 aromatic rings. The fourth-order valence-corrected chi connectivity index (χ4v) is 3.38. The molecule has 2 aromatic carbocycles. The number of ketones is 1. The van der Waals surface area contributed by atoms with Gasteiger partial charge in [0.1, 0.15) is 0 Å². The lowest BCUT2D eigenvalue weighted by Gasteiger charge is -2.10. The van der Waals surface area contributed by atoms with Gasteiger partial charge in [0.05, 0.1) is 10.9 Å². The molecule has 0 radical (unpaired) electrons. The Bertz CT molecular complexity index is 863. The van der Waals surface area contributed by atoms with E-state index < -0.39 is 0 Å². The van der Waals surface area contributed by atoms with Gasteiger partial charge in [-0.3, -0.25) is 4.79 Å². The van der Waals surface area contributed by atoms with Gasteiger partial charge in [-0.15, -0.1) is 5.10 Å². The van der Waals surface area contributed by atoms with Crippen LogP contribution >= 0.6 is 27.7 Å². The zero-order chi connectivity index (χ0) is 17.1. The molecule has 0 spiro atoms. The third-order valence-electron chi connectivity index (χ3n) is 3.47. The highest BCUT2D eigenvalue weighted by atomic mass is 79.9. The number of aromatic nitrogens is 4. The molecule has 0 N–H and O–H groups in total. The first-order valence-corrected chi connectivity index (χ1v) is 9.04. The summed E-state index contributed by atoms with van der Waals surface area (Å²) in [6.07, 6.45) is 0. The summed E-state index contributed by atoms with van der Waals surface area (Å²) in [4.78, 5) is 12.6. The van der Waals surface area contributed by atoms with Crippen LogP contribution in [0, 0.1) is 6.92 Å². The van der Waals surface area contributed by atoms with Gasteiger partial charge >= 0.3 is 0 Å². The van der Waals surface area contributed by atoms with Gasteiger partial charge in [-0.05, 0) is 54.1 Å². The van der Waals surface area contributed by atoms with E-state index in [0.717, 1.165) is 15.7 Å². The van der Waals surface area contributed by atoms with Crippen LogP contribution in [0.15, 0.2) is 58.2 Å². The highest BCUT2D eigenvalue weighted by Crippen LogP contribution is 2.26. The minimum absolute atomic E-state index is 0.0475. The Kier molecular flexibility index (Phi) is 5.11. The number of halogens is 1. The first-order valence-electron chi connectivity index (χ1n) is 7.36. The first-order chi connectivity index (χ1) is 11.5. The molecule has 0 aliphatic heterocycles. The quantitative estimate of drug-likeness (QED) is 0.474. The van der Waals surface area contributed by atoms with Crippen molar-refractivity contribution in [3.63, 3.8) is 0 Å². The average Bonchev–Trinajstić information content (AvgIpc) is 3.03. The van der Waals surface area contributed by atoms with Crippen molar-refractivity contribution in [3.05, 3.63) is 64.1 Å². The second kappa shape index (κ2) is 7.27. The molecule has 0 amide bonds. The van der Waals surface area contributed by atoms with Crippen LogP contribution in [-0.2, 0) is 0 Å². The van der Waals surface area contributed by atoms with Crippen molar-refractivity contribution in [1.82, 2.24) is 20.2 Å². The molecule has 5 nitrogen and oxygen atoms in total. The molecule has 0 aliphatic carbocycles. The van der Waals surface area contributed by atoms with E-state index in [-0.39, 0.29) is 11.0 Å². The summed E-state index contributed by atoms with van der Waals surface area (Å²) in [6.45, 7) is 3.88. The predicted molar refractivity (Wildman–Crippen MR) is 97.7 cm³/mol. The van der Waals surface area contributed by atoms with Gasteiger partial charge in [-0.2, -0.15) is 4.68 Å². The van der Waals surface area contributed by atoms with Gasteiger partial charge in [0.25, 0.3) is 0 Å². The van der Waals surface area contributed by atoms with Crippen LogP contribution in [0.3, 0.4) is 0 Å². The number of hydrogen-bond acceptors (Lipinski definition) is 5. The molecule has 3 rings (SSSR count). The van der Waals surface area contributed by atoms with E-state index >= 15 is 0 Å². The van der Waals surface area contributed by atoms with E-state index in [4.69, 9.17) is 0 Å². The summed E-state index contributed by atoms with van der Waals surface area (Å²) in [7, 11) is 0. The van der Waals surface area contributed by atoms with Crippen LogP contribution in [-0.4, -0.2) is 31.2 Å². The largest absolute Gasteiger partial charge is 0.293 e. The molecule has 7 heteroatoms. The molecule has 1 unspecified atom stereocenters. The van der Waals surface area contributed by atoms with Gasteiger partial charge in [0, 0.05) is 10.0 Å². The van der Waals surface area contributed by atoms with Gasteiger partial charge in [0.15, 0.2) is 5.78 Å². The third kappa shape index (κ3) is 3.73. The normalized spacial score (nSPS) is 12.1. The maximum Gasteiger partial charge on any atom is 0.214 e. The van der Waals surface area contributed by atoms with Crippen LogP contribution in [0.25, 0.3) is 5.69 Å². The number of carbonyl (C=O) groups is 1. The predicted octanol–water partition coefficient (Wildman–Crippen LogP) is 4.10. The topological polar surface area (TPSA) is 60.7 Å². The first kappa shape index (κ1) is 16.9. The summed E-state index contributed by atoms with van der Waals surface area (Å²) in [6, 6.07) is 15.3. The van der Waals surface area contributed by atoms with E-state index in [1.54, 1.807) is 4.68 Å². The number of Topliss-reactive ketones (excluding diaryl/α,β-unsaturated/α-hetero) is 1. The highest BCUT2D eigenvalue weighted by Gasteiger charge is 2.20. The Morgan fingerprint density at radius 3 is 2.67 bits per heavy atom. The number of benzene rings is 2. The molecule has 0 saturated heterocycles. The van der Waals surface area contributed by atoms with E-state index in [1.807, 2.05) is 62.4 Å². The van der Waals surface area contributed by atoms with E-state index in [0.29, 0.717) is 10.7 Å². The summed E-state index contributed by atoms with van der Waals surface area (Å²) < 4.78 is 2.60. The summed E-state index contributed by atoms with van der Waals surface area (Å²) in [5.74, 6) is 0.0475. The van der Waals surface area contributed by atoms with E-state index in [2.05, 4.69) is 31.5 Å². The van der Waals surface area contributed by atoms with Crippen molar-refractivity contribution in [1.29, 1.82) is 0 Å². The maximum absolute atomic E-state index is 12.6. The molecule has 122 valence electrons. The third-order valence-corrected chi connectivity index (χ3v) is 5.03. The monoisotopic (exact) mass is 402 g/mol. The number of carbonyl (C=O) groups excluding carboxylic acids is 1. The Morgan fingerprint density at radius 1 is 1.21 bits per heavy atom. The fraction of sp³-hybridized carbons (Fsp3) is 0.176. The lowest BCUT2D eigenvalue weighted by molar-refractivity contribution is 0.0994. The number of thioether (sulfide) groups is 1. The Balaban J connectivity index is 1.80. The molecule has 0 aliphatic rings. The minimum atomic E-state index is -0.291. The molecule has 1 heterocycles. The number of aryl methyl sites for hydroxylation is 1. The second-order valence-electron chi connectivity index (χ2n) is 5.34. The van der Waals surface area contributed by atoms with Crippen molar-refractivity contribution in [2.75, 3.05) is 0 Å². The number of tetrazole rings is 1. The van der Waals surface area contributed by atoms with Gasteiger partial charge in [-0.1, -0.05) is 52.0 Å². The molecular weight excluding hydrogens is 388 g/mol. The number of hydrogen-bond donors (Lipinski definition) is 0. The summed E-state index contributed by atoms with van der Waals surface area (Å²) >= 11 is 4.73. The lowest BCUT2D eigenvalue weighted by atomic mass is 10.1. The molecule has 0 fully saturated rings. The van der Waals surface area contributed by atoms with Crippen molar-refractivity contribution in [2.45, 2.75) is 24.3 Å². The van der Waals surface area contributed by atoms with E-state index in [9.17, 15) is 4.79 Å². The van der Waals surface area contributed by atoms with Crippen molar-refractivity contribution in [3.8, 4) is 5.69 Å². The summed E-state index contributed by atoms with van der Waals surface area (Å²) in [5, 5.41) is 12.2. The SMILES string of the molecule is Cc1cccc(-n2nnnc2SC(C)C(=O)c2ccc(Br)cc2)c1. The lowest BCUT2D eigenvalue weighted by Crippen LogP contribution is -2.14. The van der Waals surface area contributed by atoms with Crippen LogP contribution in [0.2, 0.25) is 0 Å². The molecule has 1 atom stereocenters. The molecule has 1 aromatic heterocycles. The van der Waals surface area contributed by atoms with Crippen molar-refractivity contribution in [2.24, 2.45) is 0 Å². The zero-order valence-corrected chi connectivity index (χ0v) is 15.6. The molecule has 0 bridgehead atoms. The number of rotatable bonds is 5. The Hall–Kier alpha value is -1.99. The standard InChI is InChI=1S/C17H15BrN4OS/c1-11-4-3-5-15(10-11)22-17(19-20-21-22)24-12(2)16(23)13-6-8-14(18)9-7-13/h3-10,12H,1-2H3. The smallest absolute Gasteiger partial charge is 0.214 e. The average molecular weight is 403 g/mol. The van der Waals surface area contributed by atoms with Crippen LogP contribution in [0.1, 0.15) is 22.8 Å². The molecule has 24 heavy (non-hydrogen) atoms. The Morgan fingerprint density at radius 2 is 1.96 bits per heavy atom. The van der Waals surface area contributed by atoms with Crippen molar-refractivity contribution < 1.29 is 4.79 Å². The van der Waals surface area contributed by atoms with Crippen molar-refractivity contribution >= 4 is 33.5 Å². The second-order valence-corrected chi connectivity index (χ2v) is 7.57. The van der Waals surface area contributed by atoms with Gasteiger partial charge < -0.3 is 0 Å². The summed E-state index contributed by atoms with van der Waals surface area (Å²) in [5.41, 5.74) is 2.68. The molecular formula is C17H15BrN4OS. The van der Waals surface area contributed by atoms with Crippen LogP contribution in [0.4, 0.5) is 0 Å². The Labute approximate surface area is 152 Å². The zero-order valence-electron chi connectivity index (χ0n) is 13.2. The maximum atomic E-state index is 12.6. The van der Waals surface area contributed by atoms with Gasteiger partial charge in [-0.25, -0.2) is 0 Å². The highest BCUT2D eigenvalue weighted by molar-refractivity contribution is 9.10.